The highest BCUT2D eigenvalue weighted by Gasteiger charge is 2.11. The van der Waals surface area contributed by atoms with Gasteiger partial charge >= 0.3 is 0 Å². The monoisotopic (exact) mass is 352 g/mol. The Morgan fingerprint density at radius 1 is 1.18 bits per heavy atom. The summed E-state index contributed by atoms with van der Waals surface area (Å²) in [5.41, 5.74) is 2.36. The van der Waals surface area contributed by atoms with Crippen LogP contribution in [0.15, 0.2) is 29.4 Å². The van der Waals surface area contributed by atoms with E-state index in [0.29, 0.717) is 26.3 Å². The number of halogens is 2. The molecule has 0 aliphatic rings. The Morgan fingerprint density at radius 3 is 2.68 bits per heavy atom. The third-order valence-electron chi connectivity index (χ3n) is 2.85. The maximum atomic E-state index is 5.98. The number of benzene rings is 1. The third-order valence-corrected chi connectivity index (χ3v) is 3.85. The molecule has 2 heterocycles. The van der Waals surface area contributed by atoms with Crippen molar-refractivity contribution >= 4 is 41.6 Å². The van der Waals surface area contributed by atoms with Crippen molar-refractivity contribution in [1.82, 2.24) is 25.1 Å². The van der Waals surface area contributed by atoms with Gasteiger partial charge in [0.1, 0.15) is 5.69 Å². The van der Waals surface area contributed by atoms with Crippen LogP contribution in [0, 0.1) is 11.7 Å². The summed E-state index contributed by atoms with van der Waals surface area (Å²) < 4.78 is 1.86. The standard InChI is InChI=1S/C13H10Cl2N6S/c1-7-4-11(18-17-7)12-19-20-13(22)21(12)16-6-8-2-3-9(14)10(15)5-8/h2-6H,1H3,(H,17,18)(H,20,22). The molecule has 3 aromatic rings. The van der Waals surface area contributed by atoms with Gasteiger partial charge in [0, 0.05) is 5.69 Å². The maximum absolute atomic E-state index is 5.98. The van der Waals surface area contributed by atoms with E-state index in [2.05, 4.69) is 25.5 Å². The second kappa shape index (κ2) is 6.04. The van der Waals surface area contributed by atoms with Crippen molar-refractivity contribution < 1.29 is 0 Å². The average molecular weight is 353 g/mol. The Bertz CT molecular complexity index is 907. The predicted molar refractivity (Wildman–Crippen MR) is 89.2 cm³/mol. The normalized spacial score (nSPS) is 11.4. The number of aryl methyl sites for hydroxylation is 1. The zero-order chi connectivity index (χ0) is 15.7. The molecular weight excluding hydrogens is 343 g/mol. The lowest BCUT2D eigenvalue weighted by Gasteiger charge is -1.99. The maximum Gasteiger partial charge on any atom is 0.216 e. The molecular formula is C13H10Cl2N6S. The van der Waals surface area contributed by atoms with Gasteiger partial charge in [0.15, 0.2) is 0 Å². The number of aromatic amines is 2. The highest BCUT2D eigenvalue weighted by molar-refractivity contribution is 7.71. The molecule has 2 N–H and O–H groups in total. The number of nitrogens with one attached hydrogen (secondary N) is 2. The zero-order valence-corrected chi connectivity index (χ0v) is 13.7. The molecule has 1 aromatic carbocycles. The molecule has 0 radical (unpaired) electrons. The molecule has 0 aliphatic carbocycles. The van der Waals surface area contributed by atoms with Crippen LogP contribution in [0.25, 0.3) is 11.5 Å². The van der Waals surface area contributed by atoms with Crippen molar-refractivity contribution in [1.29, 1.82) is 0 Å². The molecule has 0 bridgehead atoms. The molecule has 0 saturated carbocycles. The van der Waals surface area contributed by atoms with Gasteiger partial charge in [-0.05, 0) is 42.9 Å². The first-order valence-electron chi connectivity index (χ1n) is 6.24. The molecule has 112 valence electrons. The van der Waals surface area contributed by atoms with Crippen molar-refractivity contribution in [2.75, 3.05) is 0 Å². The van der Waals surface area contributed by atoms with Crippen molar-refractivity contribution in [3.8, 4) is 11.5 Å². The Kier molecular flexibility index (Phi) is 4.10. The Morgan fingerprint density at radius 2 is 2.00 bits per heavy atom. The lowest BCUT2D eigenvalue weighted by Crippen LogP contribution is -1.95. The van der Waals surface area contributed by atoms with Gasteiger partial charge in [0.2, 0.25) is 10.6 Å². The van der Waals surface area contributed by atoms with Gasteiger partial charge in [-0.15, -0.1) is 0 Å². The number of hydrogen-bond donors (Lipinski definition) is 2. The van der Waals surface area contributed by atoms with E-state index in [0.717, 1.165) is 11.3 Å². The van der Waals surface area contributed by atoms with Gasteiger partial charge in [0.25, 0.3) is 0 Å². The first-order valence-corrected chi connectivity index (χ1v) is 7.40. The Balaban J connectivity index is 1.98. The van der Waals surface area contributed by atoms with Crippen LogP contribution < -0.4 is 0 Å². The van der Waals surface area contributed by atoms with Crippen molar-refractivity contribution in [3.05, 3.63) is 50.3 Å². The molecule has 9 heteroatoms. The SMILES string of the molecule is Cc1cc(-c2n[nH]c(=S)n2N=Cc2ccc(Cl)c(Cl)c2)n[nH]1. The molecule has 0 fully saturated rings. The van der Waals surface area contributed by atoms with E-state index >= 15 is 0 Å². The smallest absolute Gasteiger partial charge is 0.216 e. The summed E-state index contributed by atoms with van der Waals surface area (Å²) >= 11 is 17.1. The van der Waals surface area contributed by atoms with Gasteiger partial charge in [-0.3, -0.25) is 5.10 Å². The molecule has 0 spiro atoms. The minimum absolute atomic E-state index is 0.368. The summed E-state index contributed by atoms with van der Waals surface area (Å²) in [4.78, 5) is 0. The van der Waals surface area contributed by atoms with E-state index in [1.54, 1.807) is 24.4 Å². The number of H-pyrrole nitrogens is 2. The first-order chi connectivity index (χ1) is 10.5. The van der Waals surface area contributed by atoms with E-state index in [9.17, 15) is 0 Å². The molecule has 0 aliphatic heterocycles. The van der Waals surface area contributed by atoms with Gasteiger partial charge in [0.05, 0.1) is 16.3 Å². The highest BCUT2D eigenvalue weighted by atomic mass is 35.5. The third kappa shape index (κ3) is 2.96. The number of rotatable bonds is 3. The fraction of sp³-hybridized carbons (Fsp3) is 0.0769. The second-order valence-electron chi connectivity index (χ2n) is 4.52. The molecule has 0 saturated heterocycles. The van der Waals surface area contributed by atoms with Crippen LogP contribution in [-0.2, 0) is 0 Å². The summed E-state index contributed by atoms with van der Waals surface area (Å²) in [5.74, 6) is 0.519. The van der Waals surface area contributed by atoms with Crippen LogP contribution in [0.2, 0.25) is 10.0 Å². The van der Waals surface area contributed by atoms with Crippen LogP contribution in [0.4, 0.5) is 0 Å². The Hall–Kier alpha value is -1.96. The lowest BCUT2D eigenvalue weighted by molar-refractivity contribution is 0.865. The largest absolute Gasteiger partial charge is 0.282 e. The van der Waals surface area contributed by atoms with E-state index in [4.69, 9.17) is 35.4 Å². The molecule has 3 rings (SSSR count). The predicted octanol–water partition coefficient (Wildman–Crippen LogP) is 3.83. The fourth-order valence-corrected chi connectivity index (χ4v) is 2.30. The van der Waals surface area contributed by atoms with E-state index in [1.807, 2.05) is 13.0 Å². The van der Waals surface area contributed by atoms with E-state index in [1.165, 1.54) is 4.68 Å². The number of hydrogen-bond acceptors (Lipinski definition) is 4. The molecule has 22 heavy (non-hydrogen) atoms. The summed E-state index contributed by atoms with van der Waals surface area (Å²) in [6.07, 6.45) is 1.62. The molecule has 0 unspecified atom stereocenters. The minimum atomic E-state index is 0.368. The summed E-state index contributed by atoms with van der Waals surface area (Å²) in [5, 5.41) is 19.1. The van der Waals surface area contributed by atoms with Crippen LogP contribution in [-0.4, -0.2) is 31.3 Å². The lowest BCUT2D eigenvalue weighted by atomic mass is 10.2. The molecule has 0 amide bonds. The fourth-order valence-electron chi connectivity index (χ4n) is 1.81. The van der Waals surface area contributed by atoms with Crippen LogP contribution in [0.1, 0.15) is 11.3 Å². The summed E-state index contributed by atoms with van der Waals surface area (Å²) in [7, 11) is 0. The van der Waals surface area contributed by atoms with E-state index < -0.39 is 0 Å². The van der Waals surface area contributed by atoms with Crippen molar-refractivity contribution in [2.24, 2.45) is 5.10 Å². The Labute approximate surface area is 140 Å². The topological polar surface area (TPSA) is 74.7 Å². The second-order valence-corrected chi connectivity index (χ2v) is 5.72. The van der Waals surface area contributed by atoms with Crippen LogP contribution >= 0.6 is 35.4 Å². The van der Waals surface area contributed by atoms with Crippen LogP contribution in [0.3, 0.4) is 0 Å². The highest BCUT2D eigenvalue weighted by Crippen LogP contribution is 2.22. The summed E-state index contributed by atoms with van der Waals surface area (Å²) in [6, 6.07) is 7.09. The van der Waals surface area contributed by atoms with Crippen LogP contribution in [0.5, 0.6) is 0 Å². The quantitative estimate of drug-likeness (QED) is 0.555. The van der Waals surface area contributed by atoms with Gasteiger partial charge < -0.3 is 0 Å². The molecule has 6 nitrogen and oxygen atoms in total. The molecule has 2 aromatic heterocycles. The average Bonchev–Trinajstić information content (AvgIpc) is 3.06. The number of aromatic nitrogens is 5. The minimum Gasteiger partial charge on any atom is -0.282 e. The van der Waals surface area contributed by atoms with E-state index in [-0.39, 0.29) is 0 Å². The van der Waals surface area contributed by atoms with Crippen molar-refractivity contribution in [3.63, 3.8) is 0 Å². The van der Waals surface area contributed by atoms with Gasteiger partial charge in [-0.2, -0.15) is 20.0 Å². The number of nitrogens with zero attached hydrogens (tertiary/aromatic N) is 4. The molecule has 0 atom stereocenters. The van der Waals surface area contributed by atoms with Gasteiger partial charge in [-0.1, -0.05) is 29.3 Å². The van der Waals surface area contributed by atoms with Crippen molar-refractivity contribution in [2.45, 2.75) is 6.92 Å². The zero-order valence-electron chi connectivity index (χ0n) is 11.3. The first kappa shape index (κ1) is 15.0. The van der Waals surface area contributed by atoms with Gasteiger partial charge in [-0.25, -0.2) is 5.10 Å². The summed E-state index contributed by atoms with van der Waals surface area (Å²) in [6.45, 7) is 1.90.